The van der Waals surface area contributed by atoms with Crippen LogP contribution in [0.5, 0.6) is 0 Å². The normalized spacial score (nSPS) is 25.8. The maximum absolute atomic E-state index is 11.4. The molecule has 4 heteroatoms. The van der Waals surface area contributed by atoms with Crippen molar-refractivity contribution in [3.05, 3.63) is 0 Å². The number of β-amino-alcohol motifs (C(OH)–C–C–N with tert-alkyl or cyclic N) is 1. The van der Waals surface area contributed by atoms with Gasteiger partial charge in [-0.2, -0.15) is 0 Å². The molecule has 2 unspecified atom stereocenters. The summed E-state index contributed by atoms with van der Waals surface area (Å²) >= 11 is 0. The predicted octanol–water partition coefficient (Wildman–Crippen LogP) is 0.129. The number of rotatable bonds is 3. The number of amides is 1. The third-order valence-electron chi connectivity index (χ3n) is 2.27. The Kier molecular flexibility index (Phi) is 3.27. The van der Waals surface area contributed by atoms with Crippen LogP contribution >= 0.6 is 0 Å². The maximum atomic E-state index is 11.4. The van der Waals surface area contributed by atoms with Crippen molar-refractivity contribution in [1.29, 1.82) is 0 Å². The van der Waals surface area contributed by atoms with E-state index in [1.807, 2.05) is 0 Å². The molecule has 1 aliphatic heterocycles. The first-order chi connectivity index (χ1) is 6.00. The summed E-state index contributed by atoms with van der Waals surface area (Å²) in [6.07, 6.45) is 0.0760. The van der Waals surface area contributed by atoms with E-state index in [1.165, 1.54) is 5.01 Å². The molecule has 1 aliphatic rings. The van der Waals surface area contributed by atoms with Crippen molar-refractivity contribution in [2.45, 2.75) is 39.3 Å². The average molecular weight is 186 g/mol. The molecule has 13 heavy (non-hydrogen) atoms. The van der Waals surface area contributed by atoms with Gasteiger partial charge in [-0.05, 0) is 12.8 Å². The molecule has 0 aromatic heterocycles. The zero-order valence-electron chi connectivity index (χ0n) is 8.45. The number of hydrazine groups is 1. The van der Waals surface area contributed by atoms with Crippen LogP contribution in [0.15, 0.2) is 0 Å². The number of hydrogen-bond acceptors (Lipinski definition) is 3. The van der Waals surface area contributed by atoms with Gasteiger partial charge in [0.15, 0.2) is 0 Å². The van der Waals surface area contributed by atoms with Gasteiger partial charge >= 0.3 is 0 Å². The SMILES string of the molecule is CC(O)CN1NC(C(C)C)CC1=O. The van der Waals surface area contributed by atoms with Crippen LogP contribution in [0.2, 0.25) is 0 Å². The second-order valence-corrected chi connectivity index (χ2v) is 4.04. The van der Waals surface area contributed by atoms with Crippen LogP contribution in [0.25, 0.3) is 0 Å². The minimum Gasteiger partial charge on any atom is -0.392 e. The van der Waals surface area contributed by atoms with E-state index < -0.39 is 6.10 Å². The molecule has 1 rings (SSSR count). The monoisotopic (exact) mass is 186 g/mol. The van der Waals surface area contributed by atoms with Gasteiger partial charge in [0.05, 0.1) is 12.6 Å². The molecule has 0 saturated carbocycles. The lowest BCUT2D eigenvalue weighted by Crippen LogP contribution is -2.42. The van der Waals surface area contributed by atoms with Crippen molar-refractivity contribution in [2.24, 2.45) is 5.92 Å². The Morgan fingerprint density at radius 1 is 1.62 bits per heavy atom. The van der Waals surface area contributed by atoms with Gasteiger partial charge in [0.25, 0.3) is 0 Å². The van der Waals surface area contributed by atoms with Crippen LogP contribution in [0.3, 0.4) is 0 Å². The van der Waals surface area contributed by atoms with E-state index in [4.69, 9.17) is 5.11 Å². The average Bonchev–Trinajstić information content (AvgIpc) is 2.31. The second-order valence-electron chi connectivity index (χ2n) is 4.04. The third-order valence-corrected chi connectivity index (χ3v) is 2.27. The van der Waals surface area contributed by atoms with E-state index in [-0.39, 0.29) is 11.9 Å². The Bertz CT molecular complexity index is 192. The highest BCUT2D eigenvalue weighted by molar-refractivity contribution is 5.78. The van der Waals surface area contributed by atoms with Crippen molar-refractivity contribution < 1.29 is 9.90 Å². The van der Waals surface area contributed by atoms with Crippen LogP contribution < -0.4 is 5.43 Å². The molecular weight excluding hydrogens is 168 g/mol. The second kappa shape index (κ2) is 4.07. The fourth-order valence-electron chi connectivity index (χ4n) is 1.42. The molecule has 0 spiro atoms. The summed E-state index contributed by atoms with van der Waals surface area (Å²) in [6, 6.07) is 0.228. The fraction of sp³-hybridized carbons (Fsp3) is 0.889. The number of hydrogen-bond donors (Lipinski definition) is 2. The fourth-order valence-corrected chi connectivity index (χ4v) is 1.42. The summed E-state index contributed by atoms with van der Waals surface area (Å²) in [5.41, 5.74) is 3.10. The van der Waals surface area contributed by atoms with E-state index in [0.29, 0.717) is 18.9 Å². The lowest BCUT2D eigenvalue weighted by molar-refractivity contribution is -0.130. The minimum atomic E-state index is -0.470. The smallest absolute Gasteiger partial charge is 0.238 e. The van der Waals surface area contributed by atoms with Gasteiger partial charge in [0.2, 0.25) is 5.91 Å². The van der Waals surface area contributed by atoms with Gasteiger partial charge < -0.3 is 5.11 Å². The number of nitrogens with zero attached hydrogens (tertiary/aromatic N) is 1. The Hall–Kier alpha value is -0.610. The van der Waals surface area contributed by atoms with E-state index in [0.717, 1.165) is 0 Å². The summed E-state index contributed by atoms with van der Waals surface area (Å²) in [5, 5.41) is 10.6. The predicted molar refractivity (Wildman–Crippen MR) is 49.8 cm³/mol. The van der Waals surface area contributed by atoms with Gasteiger partial charge in [-0.25, -0.2) is 5.43 Å². The number of aliphatic hydroxyl groups is 1. The molecule has 0 aromatic carbocycles. The molecule has 1 saturated heterocycles. The highest BCUT2D eigenvalue weighted by Gasteiger charge is 2.31. The number of carbonyl (C=O) groups is 1. The first-order valence-corrected chi connectivity index (χ1v) is 4.75. The van der Waals surface area contributed by atoms with E-state index in [1.54, 1.807) is 6.92 Å². The van der Waals surface area contributed by atoms with Crippen molar-refractivity contribution in [3.8, 4) is 0 Å². The van der Waals surface area contributed by atoms with Crippen molar-refractivity contribution in [1.82, 2.24) is 10.4 Å². The molecular formula is C9H18N2O2. The quantitative estimate of drug-likeness (QED) is 0.658. The Morgan fingerprint density at radius 3 is 2.62 bits per heavy atom. The molecule has 0 aromatic rings. The van der Waals surface area contributed by atoms with Crippen LogP contribution in [0, 0.1) is 5.92 Å². The summed E-state index contributed by atoms with van der Waals surface area (Å²) in [6.45, 7) is 6.22. The van der Waals surface area contributed by atoms with Crippen LogP contribution in [0.4, 0.5) is 0 Å². The largest absolute Gasteiger partial charge is 0.392 e. The van der Waals surface area contributed by atoms with Crippen molar-refractivity contribution >= 4 is 5.91 Å². The molecule has 4 nitrogen and oxygen atoms in total. The van der Waals surface area contributed by atoms with Gasteiger partial charge in [0, 0.05) is 12.5 Å². The van der Waals surface area contributed by atoms with Crippen molar-refractivity contribution in [2.75, 3.05) is 6.54 Å². The third kappa shape index (κ3) is 2.67. The van der Waals surface area contributed by atoms with Gasteiger partial charge in [0.1, 0.15) is 0 Å². The number of nitrogens with one attached hydrogen (secondary N) is 1. The highest BCUT2D eigenvalue weighted by atomic mass is 16.3. The summed E-state index contributed by atoms with van der Waals surface area (Å²) in [5.74, 6) is 0.530. The van der Waals surface area contributed by atoms with Crippen molar-refractivity contribution in [3.63, 3.8) is 0 Å². The van der Waals surface area contributed by atoms with E-state index in [2.05, 4.69) is 19.3 Å². The van der Waals surface area contributed by atoms with Crippen LogP contribution in [0.1, 0.15) is 27.2 Å². The Balaban J connectivity index is 2.47. The molecule has 2 atom stereocenters. The molecule has 2 N–H and O–H groups in total. The molecule has 1 heterocycles. The lowest BCUT2D eigenvalue weighted by Gasteiger charge is -2.20. The van der Waals surface area contributed by atoms with Crippen LogP contribution in [-0.2, 0) is 4.79 Å². The molecule has 0 aliphatic carbocycles. The topological polar surface area (TPSA) is 52.6 Å². The van der Waals surface area contributed by atoms with Gasteiger partial charge in [-0.3, -0.25) is 9.80 Å². The van der Waals surface area contributed by atoms with E-state index >= 15 is 0 Å². The maximum Gasteiger partial charge on any atom is 0.238 e. The summed E-state index contributed by atoms with van der Waals surface area (Å²) in [4.78, 5) is 11.4. The minimum absolute atomic E-state index is 0.0830. The first-order valence-electron chi connectivity index (χ1n) is 4.75. The zero-order chi connectivity index (χ0) is 10.0. The van der Waals surface area contributed by atoms with Gasteiger partial charge in [-0.1, -0.05) is 13.8 Å². The molecule has 0 bridgehead atoms. The summed E-state index contributed by atoms with van der Waals surface area (Å²) in [7, 11) is 0. The molecule has 0 radical (unpaired) electrons. The Morgan fingerprint density at radius 2 is 2.23 bits per heavy atom. The zero-order valence-corrected chi connectivity index (χ0v) is 8.45. The van der Waals surface area contributed by atoms with Gasteiger partial charge in [-0.15, -0.1) is 0 Å². The Labute approximate surface area is 78.9 Å². The van der Waals surface area contributed by atoms with Crippen LogP contribution in [-0.4, -0.2) is 34.7 Å². The lowest BCUT2D eigenvalue weighted by atomic mass is 10.0. The number of aliphatic hydroxyl groups excluding tert-OH is 1. The molecule has 1 fully saturated rings. The summed E-state index contributed by atoms with van der Waals surface area (Å²) < 4.78 is 0. The first kappa shape index (κ1) is 10.5. The number of carbonyl (C=O) groups excluding carboxylic acids is 1. The molecule has 76 valence electrons. The molecule has 1 amide bonds. The van der Waals surface area contributed by atoms with E-state index in [9.17, 15) is 4.79 Å². The highest BCUT2D eigenvalue weighted by Crippen LogP contribution is 2.14. The standard InChI is InChI=1S/C9H18N2O2/c1-6(2)8-4-9(13)11(10-8)5-7(3)12/h6-8,10,12H,4-5H2,1-3H3.